The van der Waals surface area contributed by atoms with Gasteiger partial charge in [-0.1, -0.05) is 6.92 Å². The highest BCUT2D eigenvalue weighted by atomic mass is 16.5. The van der Waals surface area contributed by atoms with E-state index in [1.807, 2.05) is 35.4 Å². The Morgan fingerprint density at radius 3 is 2.74 bits per heavy atom. The van der Waals surface area contributed by atoms with Gasteiger partial charge in [0.1, 0.15) is 12.3 Å². The van der Waals surface area contributed by atoms with Crippen LogP contribution in [-0.4, -0.2) is 68.8 Å². The van der Waals surface area contributed by atoms with Crippen molar-refractivity contribution in [3.8, 4) is 11.8 Å². The molecule has 3 aromatic rings. The number of Topliss-reactive ketones (excluding diaryl/α,β-unsaturated/α-hetero) is 2. The van der Waals surface area contributed by atoms with E-state index in [0.29, 0.717) is 49.3 Å². The third-order valence-electron chi connectivity index (χ3n) is 8.95. The Hall–Kier alpha value is -3.63. The Morgan fingerprint density at radius 2 is 1.98 bits per heavy atom. The van der Waals surface area contributed by atoms with Gasteiger partial charge in [-0.05, 0) is 75.8 Å². The van der Waals surface area contributed by atoms with Gasteiger partial charge < -0.3 is 24.3 Å². The number of carbonyl (C=O) groups excluding carboxylic acids is 3. The number of carbonyl (C=O) groups is 3. The van der Waals surface area contributed by atoms with Crippen LogP contribution in [0.2, 0.25) is 0 Å². The van der Waals surface area contributed by atoms with Crippen molar-refractivity contribution in [2.75, 3.05) is 19.8 Å². The van der Waals surface area contributed by atoms with E-state index in [2.05, 4.69) is 15.3 Å². The predicted molar refractivity (Wildman–Crippen MR) is 157 cm³/mol. The van der Waals surface area contributed by atoms with Crippen LogP contribution in [0.25, 0.3) is 10.9 Å². The SMILES string of the molecule is CCC(=O)[C@@H]1C[C@]23COCCCCCNCc4cc(Oc5ncc(C)cn5)cc5c(C(C)=O)cn(c45)CC(=O)N1[C@@H]2C3. The maximum atomic E-state index is 14.0. The zero-order valence-corrected chi connectivity index (χ0v) is 24.6. The first-order valence-corrected chi connectivity index (χ1v) is 15.0. The number of nitrogens with zero attached hydrogens (tertiary/aromatic N) is 4. The lowest BCUT2D eigenvalue weighted by Crippen LogP contribution is -2.44. The van der Waals surface area contributed by atoms with E-state index in [1.165, 1.54) is 6.92 Å². The van der Waals surface area contributed by atoms with Gasteiger partial charge in [0, 0.05) is 60.6 Å². The molecule has 222 valence electrons. The molecule has 3 atom stereocenters. The molecule has 0 radical (unpaired) electrons. The molecule has 1 aliphatic carbocycles. The summed E-state index contributed by atoms with van der Waals surface area (Å²) in [7, 11) is 0. The minimum absolute atomic E-state index is 0.0194. The first-order chi connectivity index (χ1) is 20.3. The van der Waals surface area contributed by atoms with Gasteiger partial charge in [0.2, 0.25) is 5.91 Å². The van der Waals surface area contributed by atoms with Gasteiger partial charge in [-0.3, -0.25) is 14.4 Å². The molecule has 1 saturated carbocycles. The van der Waals surface area contributed by atoms with E-state index in [4.69, 9.17) is 9.47 Å². The van der Waals surface area contributed by atoms with Gasteiger partial charge in [0.25, 0.3) is 0 Å². The molecule has 1 amide bonds. The summed E-state index contributed by atoms with van der Waals surface area (Å²) in [5, 5.41) is 4.25. The molecule has 2 aliphatic heterocycles. The second-order valence-electron chi connectivity index (χ2n) is 12.1. The number of nitrogens with one attached hydrogen (secondary N) is 1. The second-order valence-corrected chi connectivity index (χ2v) is 12.1. The second kappa shape index (κ2) is 11.6. The molecule has 1 saturated heterocycles. The molecular weight excluding hydrogens is 534 g/mol. The summed E-state index contributed by atoms with van der Waals surface area (Å²) in [6, 6.07) is 3.57. The minimum Gasteiger partial charge on any atom is -0.424 e. The number of aryl methyl sites for hydroxylation is 1. The van der Waals surface area contributed by atoms with Gasteiger partial charge in [-0.15, -0.1) is 0 Å². The number of piperidine rings is 1. The molecule has 0 spiro atoms. The molecule has 1 N–H and O–H groups in total. The first-order valence-electron chi connectivity index (χ1n) is 15.0. The van der Waals surface area contributed by atoms with E-state index in [9.17, 15) is 14.4 Å². The Kier molecular flexibility index (Phi) is 7.85. The van der Waals surface area contributed by atoms with Gasteiger partial charge in [0.05, 0.1) is 18.2 Å². The van der Waals surface area contributed by atoms with Gasteiger partial charge in [-0.25, -0.2) is 9.97 Å². The molecule has 6 rings (SSSR count). The van der Waals surface area contributed by atoms with Crippen molar-refractivity contribution in [1.29, 1.82) is 0 Å². The Labute approximate surface area is 245 Å². The molecular formula is C32H39N5O5. The third kappa shape index (κ3) is 5.45. The highest BCUT2D eigenvalue weighted by Gasteiger charge is 2.66. The van der Waals surface area contributed by atoms with Crippen molar-refractivity contribution >= 4 is 28.4 Å². The van der Waals surface area contributed by atoms with Gasteiger partial charge >= 0.3 is 6.01 Å². The first kappa shape index (κ1) is 28.5. The summed E-state index contributed by atoms with van der Waals surface area (Å²) in [5.41, 5.74) is 3.03. The smallest absolute Gasteiger partial charge is 0.321 e. The number of benzene rings is 1. The Bertz CT molecular complexity index is 1520. The lowest BCUT2D eigenvalue weighted by Gasteiger charge is -2.27. The summed E-state index contributed by atoms with van der Waals surface area (Å²) in [6.07, 6.45) is 10.1. The van der Waals surface area contributed by atoms with Crippen molar-refractivity contribution in [3.63, 3.8) is 0 Å². The Morgan fingerprint density at radius 1 is 1.17 bits per heavy atom. The van der Waals surface area contributed by atoms with Crippen LogP contribution in [0.5, 0.6) is 11.8 Å². The highest BCUT2D eigenvalue weighted by Crippen LogP contribution is 2.60. The molecule has 42 heavy (non-hydrogen) atoms. The molecule has 0 unspecified atom stereocenters. The lowest BCUT2D eigenvalue weighted by atomic mass is 9.97. The number of ketones is 2. The maximum Gasteiger partial charge on any atom is 0.321 e. The van der Waals surface area contributed by atoms with E-state index in [0.717, 1.165) is 48.9 Å². The molecule has 3 aliphatic rings. The predicted octanol–water partition coefficient (Wildman–Crippen LogP) is 4.36. The summed E-state index contributed by atoms with van der Waals surface area (Å²) in [4.78, 5) is 50.2. The molecule has 10 heteroatoms. The fraction of sp³-hybridized carbons (Fsp3) is 0.531. The highest BCUT2D eigenvalue weighted by molar-refractivity contribution is 6.08. The fourth-order valence-corrected chi connectivity index (χ4v) is 6.70. The molecule has 1 aromatic carbocycles. The quantitative estimate of drug-likeness (QED) is 0.448. The van der Waals surface area contributed by atoms with Crippen molar-refractivity contribution in [1.82, 2.24) is 24.8 Å². The third-order valence-corrected chi connectivity index (χ3v) is 8.95. The summed E-state index contributed by atoms with van der Waals surface area (Å²) in [6.45, 7) is 7.97. The van der Waals surface area contributed by atoms with Crippen LogP contribution < -0.4 is 10.1 Å². The van der Waals surface area contributed by atoms with Crippen LogP contribution in [0, 0.1) is 12.3 Å². The molecule has 2 fully saturated rings. The number of rotatable bonds is 5. The Balaban J connectivity index is 1.40. The number of ether oxygens (including phenoxy) is 2. The minimum atomic E-state index is -0.423. The van der Waals surface area contributed by atoms with Crippen LogP contribution in [0.4, 0.5) is 0 Å². The maximum absolute atomic E-state index is 14.0. The topological polar surface area (TPSA) is 116 Å². The van der Waals surface area contributed by atoms with E-state index < -0.39 is 6.04 Å². The van der Waals surface area contributed by atoms with Crippen LogP contribution in [0.3, 0.4) is 0 Å². The van der Waals surface area contributed by atoms with Crippen molar-refractivity contribution in [3.05, 3.63) is 47.4 Å². The number of hydrogen-bond acceptors (Lipinski definition) is 8. The van der Waals surface area contributed by atoms with Gasteiger partial charge in [-0.2, -0.15) is 0 Å². The lowest BCUT2D eigenvalue weighted by molar-refractivity contribution is -0.139. The zero-order valence-electron chi connectivity index (χ0n) is 24.6. The largest absolute Gasteiger partial charge is 0.424 e. The van der Waals surface area contributed by atoms with Crippen LogP contribution in [0.1, 0.15) is 73.9 Å². The van der Waals surface area contributed by atoms with Crippen LogP contribution in [0.15, 0.2) is 30.7 Å². The van der Waals surface area contributed by atoms with E-state index >= 15 is 0 Å². The van der Waals surface area contributed by atoms with Crippen molar-refractivity contribution < 1.29 is 23.9 Å². The van der Waals surface area contributed by atoms with Crippen molar-refractivity contribution in [2.24, 2.45) is 5.41 Å². The number of hydrogen-bond donors (Lipinski definition) is 1. The van der Waals surface area contributed by atoms with Crippen LogP contribution >= 0.6 is 0 Å². The summed E-state index contributed by atoms with van der Waals surface area (Å²) in [5.74, 6) is 0.411. The van der Waals surface area contributed by atoms with E-state index in [1.54, 1.807) is 18.6 Å². The average molecular weight is 574 g/mol. The number of aromatic nitrogens is 3. The molecule has 2 bridgehead atoms. The van der Waals surface area contributed by atoms with E-state index in [-0.39, 0.29) is 41.5 Å². The summed E-state index contributed by atoms with van der Waals surface area (Å²) < 4.78 is 14.0. The number of amides is 1. The standard InChI is InChI=1S/C32H39N5O5/c1-4-27(39)26-12-32-13-28(32)37(26)29(40)18-36-17-25(21(3)38)24-11-23(42-31-34-14-20(2)15-35-31)10-22(30(24)36)16-33-8-6-5-7-9-41-19-32/h10-11,14-15,17,26,28,33H,4-9,12-13,16,18-19H2,1-3H3/t26-,28+,32-/m0/s1. The zero-order chi connectivity index (χ0) is 29.4. The van der Waals surface area contributed by atoms with Gasteiger partial charge in [0.15, 0.2) is 11.6 Å². The molecule has 2 aromatic heterocycles. The molecule has 4 heterocycles. The average Bonchev–Trinajstić information content (AvgIpc) is 3.38. The molecule has 10 nitrogen and oxygen atoms in total. The summed E-state index contributed by atoms with van der Waals surface area (Å²) >= 11 is 0. The fourth-order valence-electron chi connectivity index (χ4n) is 6.70. The normalized spacial score (nSPS) is 24.7. The monoisotopic (exact) mass is 573 g/mol. The van der Waals surface area contributed by atoms with Crippen LogP contribution in [-0.2, 0) is 27.4 Å². The van der Waals surface area contributed by atoms with Crippen molar-refractivity contribution in [2.45, 2.75) is 84.5 Å².